The Labute approximate surface area is 120 Å². The maximum atomic E-state index is 12.1. The summed E-state index contributed by atoms with van der Waals surface area (Å²) in [5.41, 5.74) is 2.74. The van der Waals surface area contributed by atoms with E-state index >= 15 is 0 Å². The van der Waals surface area contributed by atoms with E-state index in [2.05, 4.69) is 38.0 Å². The van der Waals surface area contributed by atoms with Gasteiger partial charge in [0.2, 0.25) is 0 Å². The summed E-state index contributed by atoms with van der Waals surface area (Å²) < 4.78 is 0. The van der Waals surface area contributed by atoms with Crippen LogP contribution in [-0.4, -0.2) is 35.0 Å². The summed E-state index contributed by atoms with van der Waals surface area (Å²) in [7, 11) is 1.84. The average Bonchev–Trinajstić information content (AvgIpc) is 2.71. The molecule has 108 valence electrons. The Kier molecular flexibility index (Phi) is 5.35. The van der Waals surface area contributed by atoms with Gasteiger partial charge in [0.25, 0.3) is 0 Å². The molecule has 4 nitrogen and oxygen atoms in total. The maximum Gasteiger partial charge on any atom is 0.317 e. The number of hydrogen-bond acceptors (Lipinski definition) is 3. The first kappa shape index (κ1) is 16.0. The highest BCUT2D eigenvalue weighted by Gasteiger charge is 2.25. The van der Waals surface area contributed by atoms with Crippen LogP contribution in [0, 0.1) is 12.8 Å². The zero-order chi connectivity index (χ0) is 14.6. The molecule has 1 heterocycles. The SMILES string of the molecule is Cc1ncsc1CCN(C)C(=O)NC(C)(C)C(C)C. The highest BCUT2D eigenvalue weighted by atomic mass is 32.1. The lowest BCUT2D eigenvalue weighted by Gasteiger charge is -2.32. The zero-order valence-electron chi connectivity index (χ0n) is 12.8. The molecule has 19 heavy (non-hydrogen) atoms. The number of amides is 2. The van der Waals surface area contributed by atoms with Gasteiger partial charge in [-0.2, -0.15) is 0 Å². The quantitative estimate of drug-likeness (QED) is 0.902. The molecule has 0 unspecified atom stereocenters. The first-order valence-corrected chi connectivity index (χ1v) is 7.54. The van der Waals surface area contributed by atoms with Crippen molar-refractivity contribution in [2.45, 2.75) is 46.6 Å². The van der Waals surface area contributed by atoms with Gasteiger partial charge < -0.3 is 10.2 Å². The Hall–Kier alpha value is -1.10. The fourth-order valence-electron chi connectivity index (χ4n) is 1.45. The van der Waals surface area contributed by atoms with Crippen LogP contribution in [-0.2, 0) is 6.42 Å². The summed E-state index contributed by atoms with van der Waals surface area (Å²) >= 11 is 1.65. The number of carbonyl (C=O) groups is 1. The fourth-order valence-corrected chi connectivity index (χ4v) is 2.22. The van der Waals surface area contributed by atoms with E-state index in [1.165, 1.54) is 4.88 Å². The monoisotopic (exact) mass is 283 g/mol. The predicted octanol–water partition coefficient (Wildman–Crippen LogP) is 3.07. The molecule has 0 saturated carbocycles. The van der Waals surface area contributed by atoms with Crippen LogP contribution >= 0.6 is 11.3 Å². The third-order valence-electron chi connectivity index (χ3n) is 3.74. The largest absolute Gasteiger partial charge is 0.333 e. The molecule has 0 atom stereocenters. The molecule has 2 amide bonds. The lowest BCUT2D eigenvalue weighted by atomic mass is 9.91. The third-order valence-corrected chi connectivity index (χ3v) is 4.73. The lowest BCUT2D eigenvalue weighted by Crippen LogP contribution is -2.52. The van der Waals surface area contributed by atoms with Gasteiger partial charge >= 0.3 is 6.03 Å². The normalized spacial score (nSPS) is 11.7. The van der Waals surface area contributed by atoms with Gasteiger partial charge in [-0.1, -0.05) is 13.8 Å². The van der Waals surface area contributed by atoms with Crippen LogP contribution in [0.25, 0.3) is 0 Å². The smallest absolute Gasteiger partial charge is 0.317 e. The van der Waals surface area contributed by atoms with Gasteiger partial charge in [0.1, 0.15) is 0 Å². The summed E-state index contributed by atoms with van der Waals surface area (Å²) in [6, 6.07) is -0.0131. The van der Waals surface area contributed by atoms with Crippen molar-refractivity contribution in [1.82, 2.24) is 15.2 Å². The number of nitrogens with zero attached hydrogens (tertiary/aromatic N) is 2. The minimum absolute atomic E-state index is 0.0131. The first-order chi connectivity index (χ1) is 8.74. The predicted molar refractivity (Wildman–Crippen MR) is 80.6 cm³/mol. The van der Waals surface area contributed by atoms with E-state index in [0.717, 1.165) is 12.1 Å². The van der Waals surface area contributed by atoms with Crippen LogP contribution in [0.1, 0.15) is 38.3 Å². The van der Waals surface area contributed by atoms with Crippen molar-refractivity contribution in [1.29, 1.82) is 0 Å². The first-order valence-electron chi connectivity index (χ1n) is 6.66. The number of thiazole rings is 1. The summed E-state index contributed by atoms with van der Waals surface area (Å²) in [6.07, 6.45) is 0.864. The molecule has 0 fully saturated rings. The van der Waals surface area contributed by atoms with Crippen LogP contribution in [0.3, 0.4) is 0 Å². The minimum atomic E-state index is -0.189. The van der Waals surface area contributed by atoms with Crippen molar-refractivity contribution in [2.75, 3.05) is 13.6 Å². The van der Waals surface area contributed by atoms with Gasteiger partial charge in [0.05, 0.1) is 11.2 Å². The Morgan fingerprint density at radius 3 is 2.63 bits per heavy atom. The van der Waals surface area contributed by atoms with Gasteiger partial charge in [-0.25, -0.2) is 9.78 Å². The second-order valence-corrected chi connectivity index (χ2v) is 6.78. The fraction of sp³-hybridized carbons (Fsp3) is 0.714. The average molecular weight is 283 g/mol. The number of carbonyl (C=O) groups excluding carboxylic acids is 1. The Morgan fingerprint density at radius 1 is 1.53 bits per heavy atom. The van der Waals surface area contributed by atoms with E-state index in [9.17, 15) is 4.79 Å². The molecular formula is C14H25N3OS. The van der Waals surface area contributed by atoms with Gasteiger partial charge in [-0.3, -0.25) is 0 Å². The van der Waals surface area contributed by atoms with Gasteiger partial charge in [0, 0.05) is 30.4 Å². The van der Waals surface area contributed by atoms with Gasteiger partial charge in [0.15, 0.2) is 0 Å². The van der Waals surface area contributed by atoms with Crippen LogP contribution in [0.15, 0.2) is 5.51 Å². The van der Waals surface area contributed by atoms with E-state index in [1.54, 1.807) is 16.2 Å². The van der Waals surface area contributed by atoms with Crippen LogP contribution in [0.4, 0.5) is 4.79 Å². The lowest BCUT2D eigenvalue weighted by molar-refractivity contribution is 0.188. The van der Waals surface area contributed by atoms with Gasteiger partial charge in [-0.15, -0.1) is 11.3 Å². The molecule has 0 aliphatic carbocycles. The highest BCUT2D eigenvalue weighted by Crippen LogP contribution is 2.16. The van der Waals surface area contributed by atoms with Crippen LogP contribution < -0.4 is 5.32 Å². The van der Waals surface area contributed by atoms with E-state index in [4.69, 9.17) is 0 Å². The Balaban J connectivity index is 2.48. The molecule has 1 rings (SSSR count). The zero-order valence-corrected chi connectivity index (χ0v) is 13.6. The van der Waals surface area contributed by atoms with Crippen molar-refractivity contribution < 1.29 is 4.79 Å². The second kappa shape index (κ2) is 6.37. The molecule has 0 aromatic carbocycles. The van der Waals surface area contributed by atoms with Crippen LogP contribution in [0.2, 0.25) is 0 Å². The number of likely N-dealkylation sites (N-methyl/N-ethyl adjacent to an activating group) is 1. The highest BCUT2D eigenvalue weighted by molar-refractivity contribution is 7.09. The Bertz CT molecular complexity index is 426. The number of rotatable bonds is 5. The van der Waals surface area contributed by atoms with Crippen LogP contribution in [0.5, 0.6) is 0 Å². The van der Waals surface area contributed by atoms with Gasteiger partial charge in [-0.05, 0) is 26.7 Å². The van der Waals surface area contributed by atoms with E-state index < -0.39 is 0 Å². The Morgan fingerprint density at radius 2 is 2.16 bits per heavy atom. The van der Waals surface area contributed by atoms with Crippen molar-refractivity contribution >= 4 is 17.4 Å². The third kappa shape index (κ3) is 4.49. The van der Waals surface area contributed by atoms with Crippen molar-refractivity contribution in [3.05, 3.63) is 16.1 Å². The molecule has 0 aliphatic heterocycles. The summed E-state index contributed by atoms with van der Waals surface area (Å²) in [6.45, 7) is 11.0. The summed E-state index contributed by atoms with van der Waals surface area (Å²) in [5, 5.41) is 3.07. The number of aryl methyl sites for hydroxylation is 1. The van der Waals surface area contributed by atoms with Crippen molar-refractivity contribution in [3.63, 3.8) is 0 Å². The van der Waals surface area contributed by atoms with Crippen molar-refractivity contribution in [3.8, 4) is 0 Å². The molecule has 0 radical (unpaired) electrons. The number of aromatic nitrogens is 1. The summed E-state index contributed by atoms with van der Waals surface area (Å²) in [4.78, 5) is 19.3. The van der Waals surface area contributed by atoms with Crippen molar-refractivity contribution in [2.24, 2.45) is 5.92 Å². The standard InChI is InChI=1S/C14H25N3OS/c1-10(2)14(4,5)16-13(18)17(6)8-7-12-11(3)15-9-19-12/h9-10H,7-8H2,1-6H3,(H,16,18). The number of nitrogens with one attached hydrogen (secondary N) is 1. The molecular weight excluding hydrogens is 258 g/mol. The molecule has 0 aliphatic rings. The van der Waals surface area contributed by atoms with E-state index in [1.807, 2.05) is 19.5 Å². The van der Waals surface area contributed by atoms with E-state index in [-0.39, 0.29) is 11.6 Å². The molecule has 1 aromatic rings. The molecule has 0 saturated heterocycles. The molecule has 1 N–H and O–H groups in total. The molecule has 1 aromatic heterocycles. The minimum Gasteiger partial charge on any atom is -0.333 e. The topological polar surface area (TPSA) is 45.2 Å². The number of urea groups is 1. The van der Waals surface area contributed by atoms with E-state index in [0.29, 0.717) is 12.5 Å². The molecule has 0 bridgehead atoms. The summed E-state index contributed by atoms with van der Waals surface area (Å²) in [5.74, 6) is 0.397. The second-order valence-electron chi connectivity index (χ2n) is 5.84. The molecule has 5 heteroatoms. The number of hydrogen-bond donors (Lipinski definition) is 1. The molecule has 0 spiro atoms. The maximum absolute atomic E-state index is 12.1.